The maximum atomic E-state index is 10.9. The first kappa shape index (κ1) is 22.6. The Kier molecular flexibility index (Phi) is 9.47. The quantitative estimate of drug-likeness (QED) is 0.413. The number of carbonyl (C=O) groups is 1. The summed E-state index contributed by atoms with van der Waals surface area (Å²) >= 11 is 5.54. The van der Waals surface area contributed by atoms with E-state index in [0.29, 0.717) is 10.7 Å². The second-order valence-corrected chi connectivity index (χ2v) is 6.21. The average Bonchev–Trinajstić information content (AvgIpc) is 2.70. The van der Waals surface area contributed by atoms with Crippen LogP contribution in [-0.2, 0) is 13.0 Å². The number of nitrogens with one attached hydrogen (secondary N) is 1. The number of aldehydes is 1. The molecule has 0 fully saturated rings. The van der Waals surface area contributed by atoms with Gasteiger partial charge in [-0.25, -0.2) is 0 Å². The third-order valence-electron chi connectivity index (χ3n) is 4.18. The van der Waals surface area contributed by atoms with Gasteiger partial charge in [0.15, 0.2) is 5.11 Å². The third kappa shape index (κ3) is 6.05. The molecular formula is C21H29N3O2S. The molecular weight excluding hydrogens is 358 g/mol. The van der Waals surface area contributed by atoms with Crippen molar-refractivity contribution in [3.05, 3.63) is 58.7 Å². The number of aliphatic hydroxyl groups excluding tert-OH is 1. The van der Waals surface area contributed by atoms with E-state index >= 15 is 0 Å². The van der Waals surface area contributed by atoms with E-state index in [9.17, 15) is 4.79 Å². The summed E-state index contributed by atoms with van der Waals surface area (Å²) in [7, 11) is 1.00. The van der Waals surface area contributed by atoms with Crippen LogP contribution in [0.2, 0.25) is 0 Å². The molecule has 0 amide bonds. The fraction of sp³-hybridized carbons (Fsp3) is 0.333. The summed E-state index contributed by atoms with van der Waals surface area (Å²) in [5.41, 5.74) is 11.8. The fourth-order valence-electron chi connectivity index (χ4n) is 2.84. The van der Waals surface area contributed by atoms with Gasteiger partial charge >= 0.3 is 0 Å². The van der Waals surface area contributed by atoms with Crippen LogP contribution in [0.4, 0.5) is 11.4 Å². The number of fused-ring (bicyclic) bond motifs is 1. The van der Waals surface area contributed by atoms with E-state index in [4.69, 9.17) is 23.1 Å². The average molecular weight is 388 g/mol. The zero-order valence-corrected chi connectivity index (χ0v) is 17.3. The molecule has 1 aliphatic heterocycles. The second kappa shape index (κ2) is 11.3. The normalized spacial score (nSPS) is 11.8. The van der Waals surface area contributed by atoms with Crippen LogP contribution in [0.1, 0.15) is 40.9 Å². The first-order chi connectivity index (χ1) is 13.1. The van der Waals surface area contributed by atoms with Gasteiger partial charge < -0.3 is 21.1 Å². The van der Waals surface area contributed by atoms with Gasteiger partial charge in [0.05, 0.1) is 0 Å². The minimum absolute atomic E-state index is 0.691. The monoisotopic (exact) mass is 387 g/mol. The molecule has 146 valence electrons. The Labute approximate surface area is 167 Å². The van der Waals surface area contributed by atoms with E-state index in [0.717, 1.165) is 49.8 Å². The molecule has 1 aliphatic rings. The number of nitrogens with two attached hydrogens (primary N) is 1. The second-order valence-electron chi connectivity index (χ2n) is 5.82. The zero-order valence-electron chi connectivity index (χ0n) is 16.5. The summed E-state index contributed by atoms with van der Waals surface area (Å²) in [6.07, 6.45) is 1.82. The zero-order chi connectivity index (χ0) is 20.4. The van der Waals surface area contributed by atoms with Gasteiger partial charge in [-0.2, -0.15) is 0 Å². The lowest BCUT2D eigenvalue weighted by Crippen LogP contribution is -2.38. The first-order valence-corrected chi connectivity index (χ1v) is 9.41. The van der Waals surface area contributed by atoms with Crippen LogP contribution in [0.15, 0.2) is 36.4 Å². The number of hydrogen-bond donors (Lipinski definition) is 3. The van der Waals surface area contributed by atoms with Crippen molar-refractivity contribution in [2.24, 2.45) is 0 Å². The van der Waals surface area contributed by atoms with E-state index in [2.05, 4.69) is 16.3 Å². The van der Waals surface area contributed by atoms with E-state index < -0.39 is 0 Å². The molecule has 6 heteroatoms. The Bertz CT molecular complexity index is 778. The minimum Gasteiger partial charge on any atom is -0.400 e. The molecule has 0 bridgehead atoms. The largest absolute Gasteiger partial charge is 0.400 e. The first-order valence-electron chi connectivity index (χ1n) is 9.00. The van der Waals surface area contributed by atoms with Gasteiger partial charge in [-0.05, 0) is 72.6 Å². The molecule has 0 atom stereocenters. The van der Waals surface area contributed by atoms with E-state index in [-0.39, 0.29) is 0 Å². The molecule has 0 aromatic heterocycles. The lowest BCUT2D eigenvalue weighted by Gasteiger charge is -2.31. The Morgan fingerprint density at radius 1 is 1.19 bits per heavy atom. The van der Waals surface area contributed by atoms with Crippen LogP contribution in [0.3, 0.4) is 0 Å². The molecule has 0 unspecified atom stereocenters. The Hall–Kier alpha value is -2.44. The molecule has 3 rings (SSSR count). The number of benzene rings is 2. The van der Waals surface area contributed by atoms with Crippen molar-refractivity contribution in [2.75, 3.05) is 24.7 Å². The highest BCUT2D eigenvalue weighted by atomic mass is 32.1. The smallest absolute Gasteiger partial charge is 0.173 e. The lowest BCUT2D eigenvalue weighted by molar-refractivity contribution is 0.112. The van der Waals surface area contributed by atoms with E-state index in [1.54, 1.807) is 6.07 Å². The number of nitrogen functional groups attached to an aromatic ring is 1. The third-order valence-corrected chi connectivity index (χ3v) is 4.54. The molecule has 0 radical (unpaired) electrons. The summed E-state index contributed by atoms with van der Waals surface area (Å²) in [5, 5.41) is 11.0. The standard InChI is InChI=1S/C18H19N3OS.C2H6.CH4O/c1-12-8-17(5-3-14(12)11-22)20-18(23)21-7-6-13-2-4-16(19)9-15(13)10-21;2*1-2/h2-5,8-9,11H,6-7,10,19H2,1H3,(H,20,23);1-2H3;2H,1H3. The number of rotatable bonds is 2. The molecule has 4 N–H and O–H groups in total. The highest BCUT2D eigenvalue weighted by Crippen LogP contribution is 2.22. The lowest BCUT2D eigenvalue weighted by atomic mass is 9.99. The maximum absolute atomic E-state index is 10.9. The van der Waals surface area contributed by atoms with Crippen molar-refractivity contribution in [1.82, 2.24) is 4.90 Å². The molecule has 2 aromatic rings. The highest BCUT2D eigenvalue weighted by Gasteiger charge is 2.18. The van der Waals surface area contributed by atoms with Crippen molar-refractivity contribution >= 4 is 35.0 Å². The summed E-state index contributed by atoms with van der Waals surface area (Å²) < 4.78 is 0. The maximum Gasteiger partial charge on any atom is 0.173 e. The Balaban J connectivity index is 0.000000855. The highest BCUT2D eigenvalue weighted by molar-refractivity contribution is 7.80. The molecule has 1 heterocycles. The van der Waals surface area contributed by atoms with Crippen molar-refractivity contribution in [3.63, 3.8) is 0 Å². The SMILES string of the molecule is CC.CO.Cc1cc(NC(=S)N2CCc3ccc(N)cc3C2)ccc1C=O. The molecule has 5 nitrogen and oxygen atoms in total. The number of aliphatic hydroxyl groups is 1. The van der Waals surface area contributed by atoms with Gasteiger partial charge in [-0.15, -0.1) is 0 Å². The van der Waals surface area contributed by atoms with E-state index in [1.807, 2.05) is 45.0 Å². The van der Waals surface area contributed by atoms with Crippen molar-refractivity contribution in [1.29, 1.82) is 0 Å². The van der Waals surface area contributed by atoms with Crippen LogP contribution in [-0.4, -0.2) is 35.1 Å². The summed E-state index contributed by atoms with van der Waals surface area (Å²) in [6, 6.07) is 11.7. The van der Waals surface area contributed by atoms with Crippen LogP contribution in [0.5, 0.6) is 0 Å². The molecule has 0 saturated carbocycles. The van der Waals surface area contributed by atoms with Crippen LogP contribution in [0, 0.1) is 6.92 Å². The number of aryl methyl sites for hydroxylation is 1. The predicted molar refractivity (Wildman–Crippen MR) is 117 cm³/mol. The van der Waals surface area contributed by atoms with Crippen molar-refractivity contribution in [2.45, 2.75) is 33.7 Å². The van der Waals surface area contributed by atoms with Crippen molar-refractivity contribution in [3.8, 4) is 0 Å². The van der Waals surface area contributed by atoms with Gasteiger partial charge in [0.2, 0.25) is 0 Å². The molecule has 0 spiro atoms. The summed E-state index contributed by atoms with van der Waals surface area (Å²) in [5.74, 6) is 0. The van der Waals surface area contributed by atoms with Gasteiger partial charge in [-0.1, -0.05) is 19.9 Å². The topological polar surface area (TPSA) is 78.6 Å². The summed E-state index contributed by atoms with van der Waals surface area (Å²) in [4.78, 5) is 13.0. The van der Waals surface area contributed by atoms with Gasteiger partial charge in [0, 0.05) is 37.1 Å². The predicted octanol–water partition coefficient (Wildman–Crippen LogP) is 3.78. The molecule has 0 saturated heterocycles. The van der Waals surface area contributed by atoms with Gasteiger partial charge in [0.25, 0.3) is 0 Å². The Morgan fingerprint density at radius 3 is 2.52 bits per heavy atom. The number of anilines is 2. The number of nitrogens with zero attached hydrogens (tertiary/aromatic N) is 1. The van der Waals surface area contributed by atoms with E-state index in [1.165, 1.54) is 11.1 Å². The van der Waals surface area contributed by atoms with Crippen LogP contribution >= 0.6 is 12.2 Å². The molecule has 27 heavy (non-hydrogen) atoms. The van der Waals surface area contributed by atoms with Gasteiger partial charge in [-0.3, -0.25) is 4.79 Å². The fourth-order valence-corrected chi connectivity index (χ4v) is 3.11. The van der Waals surface area contributed by atoms with Crippen LogP contribution in [0.25, 0.3) is 0 Å². The number of thiocarbonyl (C=S) groups is 1. The molecule has 0 aliphatic carbocycles. The minimum atomic E-state index is 0.691. The summed E-state index contributed by atoms with van der Waals surface area (Å²) in [6.45, 7) is 7.56. The van der Waals surface area contributed by atoms with Gasteiger partial charge in [0.1, 0.15) is 6.29 Å². The molecule has 2 aromatic carbocycles. The Morgan fingerprint density at radius 2 is 1.89 bits per heavy atom. The number of carbonyl (C=O) groups excluding carboxylic acids is 1. The number of hydrogen-bond acceptors (Lipinski definition) is 4. The van der Waals surface area contributed by atoms with Crippen molar-refractivity contribution < 1.29 is 9.90 Å². The van der Waals surface area contributed by atoms with Crippen LogP contribution < -0.4 is 11.1 Å².